The van der Waals surface area contributed by atoms with Crippen LogP contribution in [-0.2, 0) is 5.34 Å². The lowest BCUT2D eigenvalue weighted by Crippen LogP contribution is -2.40. The molecule has 0 spiro atoms. The van der Waals surface area contributed by atoms with E-state index in [1.807, 2.05) is 48.1 Å². The first-order valence-electron chi connectivity index (χ1n) is 10.3. The molecule has 2 aromatic rings. The molecule has 1 heterocycles. The van der Waals surface area contributed by atoms with E-state index in [0.29, 0.717) is 23.2 Å². The summed E-state index contributed by atoms with van der Waals surface area (Å²) in [5, 5.41) is 6.78. The minimum atomic E-state index is -1.39. The van der Waals surface area contributed by atoms with Gasteiger partial charge in [0.25, 0.3) is 5.91 Å². The Labute approximate surface area is 184 Å². The van der Waals surface area contributed by atoms with E-state index in [1.165, 1.54) is 0 Å². The Bertz CT molecular complexity index is 930. The molecule has 5 nitrogen and oxygen atoms in total. The molecule has 4 rings (SSSR count). The molecule has 1 unspecified atom stereocenters. The molecule has 1 atom stereocenters. The third-order valence-electron chi connectivity index (χ3n) is 5.43. The molecule has 2 fully saturated rings. The zero-order chi connectivity index (χ0) is 21.1. The number of hydrogen-bond acceptors (Lipinski definition) is 5. The van der Waals surface area contributed by atoms with Gasteiger partial charge in [-0.2, -0.15) is 0 Å². The molecule has 1 amide bonds. The average molecular weight is 414 g/mol. The highest BCUT2D eigenvalue weighted by Gasteiger charge is 2.33. The van der Waals surface area contributed by atoms with Crippen LogP contribution >= 0.6 is 11.8 Å². The van der Waals surface area contributed by atoms with Gasteiger partial charge >= 0.3 is 0 Å². The third kappa shape index (κ3) is 5.09. The molecule has 0 aliphatic heterocycles. The van der Waals surface area contributed by atoms with E-state index >= 15 is 0 Å². The average Bonchev–Trinajstić information content (AvgIpc) is 3.64. The third-order valence-corrected chi connectivity index (χ3v) is 5.86. The van der Waals surface area contributed by atoms with Gasteiger partial charge in [0.1, 0.15) is 0 Å². The Hall–Kier alpha value is -2.21. The highest BCUT2D eigenvalue weighted by Crippen LogP contribution is 2.39. The topological polar surface area (TPSA) is 66.9 Å². The lowest BCUT2D eigenvalue weighted by molar-refractivity contribution is 0.0936. The molecule has 0 saturated heterocycles. The number of hydrogen-bond donors (Lipinski definition) is 2. The fraction of sp³-hybridized carbons (Fsp3) is 0.409. The van der Waals surface area contributed by atoms with Crippen molar-refractivity contribution in [1.82, 2.24) is 15.3 Å². The molecular formula is C22H24B2N4OS. The van der Waals surface area contributed by atoms with Crippen molar-refractivity contribution in [2.24, 2.45) is 5.92 Å². The van der Waals surface area contributed by atoms with Gasteiger partial charge in [0, 0.05) is 12.1 Å². The monoisotopic (exact) mass is 414 g/mol. The van der Waals surface area contributed by atoms with Gasteiger partial charge in [-0.15, -0.1) is 11.8 Å². The lowest BCUT2D eigenvalue weighted by Gasteiger charge is -2.30. The van der Waals surface area contributed by atoms with Crippen molar-refractivity contribution in [2.75, 3.05) is 11.6 Å². The van der Waals surface area contributed by atoms with E-state index in [2.05, 4.69) is 20.6 Å². The number of thioether (sulfide) groups is 1. The summed E-state index contributed by atoms with van der Waals surface area (Å²) in [5.74, 6) is 0.897. The number of rotatable bonds is 9. The van der Waals surface area contributed by atoms with Gasteiger partial charge in [-0.25, -0.2) is 9.97 Å². The molecule has 0 bridgehead atoms. The zero-order valence-electron chi connectivity index (χ0n) is 17.0. The largest absolute Gasteiger partial charge is 0.376 e. The van der Waals surface area contributed by atoms with E-state index < -0.39 is 5.34 Å². The van der Waals surface area contributed by atoms with Gasteiger partial charge < -0.3 is 10.6 Å². The van der Waals surface area contributed by atoms with E-state index in [9.17, 15) is 4.79 Å². The molecule has 8 heteroatoms. The number of benzene rings is 1. The Morgan fingerprint density at radius 1 is 1.23 bits per heavy atom. The Balaban J connectivity index is 1.60. The van der Waals surface area contributed by atoms with Gasteiger partial charge in [0.2, 0.25) is 0 Å². The predicted molar refractivity (Wildman–Crippen MR) is 124 cm³/mol. The first-order chi connectivity index (χ1) is 14.5. The molecule has 2 saturated carbocycles. The highest BCUT2D eigenvalue weighted by molar-refractivity contribution is 8.01. The number of carbonyl (C=O) groups excluding carboxylic acids is 1. The fourth-order valence-corrected chi connectivity index (χ4v) is 3.70. The maximum absolute atomic E-state index is 13.1. The molecule has 2 aliphatic carbocycles. The molecule has 4 radical (unpaired) electrons. The van der Waals surface area contributed by atoms with Crippen molar-refractivity contribution in [3.63, 3.8) is 0 Å². The summed E-state index contributed by atoms with van der Waals surface area (Å²) in [6.45, 7) is 0. The van der Waals surface area contributed by atoms with Gasteiger partial charge in [-0.3, -0.25) is 4.79 Å². The fourth-order valence-electron chi connectivity index (χ4n) is 3.38. The lowest BCUT2D eigenvalue weighted by atomic mass is 9.58. The summed E-state index contributed by atoms with van der Waals surface area (Å²) >= 11 is 1.61. The first kappa shape index (κ1) is 21.0. The summed E-state index contributed by atoms with van der Waals surface area (Å²) in [4.78, 5) is 22.2. The van der Waals surface area contributed by atoms with Crippen molar-refractivity contribution >= 4 is 39.2 Å². The smallest absolute Gasteiger partial charge is 0.274 e. The molecule has 2 N–H and O–H groups in total. The van der Waals surface area contributed by atoms with Crippen LogP contribution in [0.4, 0.5) is 5.82 Å². The quantitative estimate of drug-likeness (QED) is 0.617. The summed E-state index contributed by atoms with van der Waals surface area (Å²) < 4.78 is 0. The van der Waals surface area contributed by atoms with Crippen molar-refractivity contribution in [1.29, 1.82) is 0 Å². The van der Waals surface area contributed by atoms with Crippen LogP contribution in [0.15, 0.2) is 48.0 Å². The van der Waals surface area contributed by atoms with Crippen LogP contribution in [0.1, 0.15) is 53.3 Å². The van der Waals surface area contributed by atoms with Crippen molar-refractivity contribution in [3.8, 4) is 0 Å². The van der Waals surface area contributed by atoms with Crippen LogP contribution in [0.25, 0.3) is 0 Å². The van der Waals surface area contributed by atoms with Crippen LogP contribution in [0, 0.1) is 5.92 Å². The molecule has 2 aliphatic rings. The molecule has 1 aromatic heterocycles. The molecule has 150 valence electrons. The van der Waals surface area contributed by atoms with Gasteiger partial charge in [-0.05, 0) is 54.2 Å². The summed E-state index contributed by atoms with van der Waals surface area (Å²) in [6, 6.07) is 9.28. The minimum absolute atomic E-state index is 0.0163. The van der Waals surface area contributed by atoms with Gasteiger partial charge in [0.15, 0.2) is 11.5 Å². The number of carbonyl (C=O) groups is 1. The van der Waals surface area contributed by atoms with Crippen LogP contribution in [0.2, 0.25) is 0 Å². The minimum Gasteiger partial charge on any atom is -0.376 e. The second kappa shape index (κ2) is 8.88. The second-order valence-corrected chi connectivity index (χ2v) is 8.77. The highest BCUT2D eigenvalue weighted by atomic mass is 32.2. The Morgan fingerprint density at radius 2 is 1.97 bits per heavy atom. The van der Waals surface area contributed by atoms with Crippen LogP contribution in [-0.4, -0.2) is 43.9 Å². The van der Waals surface area contributed by atoms with Crippen LogP contribution < -0.4 is 10.6 Å². The normalized spacial score (nSPS) is 17.6. The van der Waals surface area contributed by atoms with Crippen LogP contribution in [0.5, 0.6) is 0 Å². The Morgan fingerprint density at radius 3 is 2.60 bits per heavy atom. The van der Waals surface area contributed by atoms with Crippen LogP contribution in [0.3, 0.4) is 0 Å². The number of aromatic nitrogens is 2. The molecular weight excluding hydrogens is 390 g/mol. The zero-order valence-corrected chi connectivity index (χ0v) is 17.9. The second-order valence-electron chi connectivity index (χ2n) is 8.03. The standard InChI is InChI=1S/C22H24B2N4OS/c1-30-12-11-17(14-7-8-14)27-21(29)19-20(26-18(13-25-19)15-9-10-15)28-22(23,24)16-5-3-2-4-6-16/h2-6,11-15,17H,7-10H2,1H3,(H,26,28)(H,27,29)/b12-11+. The van der Waals surface area contributed by atoms with Crippen molar-refractivity contribution in [3.05, 3.63) is 65.0 Å². The summed E-state index contributed by atoms with van der Waals surface area (Å²) in [7, 11) is 12.7. The Kier molecular flexibility index (Phi) is 6.23. The number of anilines is 1. The number of nitrogens with one attached hydrogen (secondary N) is 2. The number of amides is 1. The molecule has 30 heavy (non-hydrogen) atoms. The summed E-state index contributed by atoms with van der Waals surface area (Å²) in [6.07, 6.45) is 10.1. The van der Waals surface area contributed by atoms with E-state index in [1.54, 1.807) is 18.0 Å². The van der Waals surface area contributed by atoms with Gasteiger partial charge in [-0.1, -0.05) is 36.4 Å². The van der Waals surface area contributed by atoms with E-state index in [0.717, 1.165) is 31.4 Å². The number of nitrogens with zero attached hydrogens (tertiary/aromatic N) is 2. The summed E-state index contributed by atoms with van der Waals surface area (Å²) in [5.41, 5.74) is 1.76. The molecule has 1 aromatic carbocycles. The maximum atomic E-state index is 13.1. The van der Waals surface area contributed by atoms with E-state index in [4.69, 9.17) is 15.7 Å². The van der Waals surface area contributed by atoms with E-state index in [-0.39, 0.29) is 17.6 Å². The maximum Gasteiger partial charge on any atom is 0.274 e. The van der Waals surface area contributed by atoms with Crippen molar-refractivity contribution in [2.45, 2.75) is 43.0 Å². The predicted octanol–water partition coefficient (Wildman–Crippen LogP) is 3.30. The first-order valence-corrected chi connectivity index (χ1v) is 11.6. The van der Waals surface area contributed by atoms with Gasteiger partial charge in [0.05, 0.1) is 27.4 Å². The van der Waals surface area contributed by atoms with Crippen molar-refractivity contribution < 1.29 is 4.79 Å². The SMILES string of the molecule is [B]C([B])(Nc1nc(C2CC2)cnc1C(=O)NC(/C=C/SC)C1CC1)c1ccccc1.